The molecule has 2 aliphatic heterocycles. The Morgan fingerprint density at radius 3 is 2.64 bits per heavy atom. The van der Waals surface area contributed by atoms with E-state index < -0.39 is 17.8 Å². The summed E-state index contributed by atoms with van der Waals surface area (Å²) in [4.78, 5) is 34.4. The molecule has 1 amide bonds. The van der Waals surface area contributed by atoms with E-state index in [2.05, 4.69) is 4.99 Å². The van der Waals surface area contributed by atoms with E-state index >= 15 is 0 Å². The molecule has 0 N–H and O–H groups in total. The first-order chi connectivity index (χ1) is 17.4. The lowest BCUT2D eigenvalue weighted by atomic mass is 9.93. The van der Waals surface area contributed by atoms with Gasteiger partial charge in [0.1, 0.15) is 12.4 Å². The molecule has 0 unspecified atom stereocenters. The van der Waals surface area contributed by atoms with Crippen LogP contribution in [-0.2, 0) is 25.6 Å². The number of hydrogen-bond acceptors (Lipinski definition) is 7. The maximum Gasteiger partial charge on any atom is 0.338 e. The molecule has 188 valence electrons. The van der Waals surface area contributed by atoms with Crippen LogP contribution in [0.15, 0.2) is 82.0 Å². The maximum absolute atomic E-state index is 14.3. The summed E-state index contributed by atoms with van der Waals surface area (Å²) < 4.78 is 24.7. The molecule has 4 rings (SSSR count). The zero-order valence-electron chi connectivity index (χ0n) is 20.4. The van der Waals surface area contributed by atoms with Gasteiger partial charge in [0.2, 0.25) is 5.91 Å². The Morgan fingerprint density at radius 2 is 1.92 bits per heavy atom. The van der Waals surface area contributed by atoms with Crippen LogP contribution < -0.4 is 0 Å². The third-order valence-corrected chi connectivity index (χ3v) is 6.81. The molecule has 0 saturated heterocycles. The Kier molecular flexibility index (Phi) is 8.22. The Hall–Kier alpha value is -3.43. The van der Waals surface area contributed by atoms with E-state index in [1.807, 2.05) is 40.6 Å². The quantitative estimate of drug-likeness (QED) is 0.362. The second kappa shape index (κ2) is 11.5. The van der Waals surface area contributed by atoms with E-state index in [-0.39, 0.29) is 25.5 Å². The molecule has 0 fully saturated rings. The topological polar surface area (TPSA) is 71.4 Å². The minimum absolute atomic E-state index is 0.0821. The lowest BCUT2D eigenvalue weighted by Crippen LogP contribution is -2.38. The van der Waals surface area contributed by atoms with Gasteiger partial charge in [-0.1, -0.05) is 54.2 Å². The number of carbonyl (C=O) groups is 2. The van der Waals surface area contributed by atoms with E-state index in [0.717, 1.165) is 5.56 Å². The smallest absolute Gasteiger partial charge is 0.338 e. The van der Waals surface area contributed by atoms with Gasteiger partial charge in [-0.15, -0.1) is 0 Å². The monoisotopic (exact) mass is 509 g/mol. The summed E-state index contributed by atoms with van der Waals surface area (Å²) in [6.45, 7) is 2.55. The molecular formula is C27H28FN3O4S. The van der Waals surface area contributed by atoms with Gasteiger partial charge < -0.3 is 19.3 Å². The normalized spacial score (nSPS) is 16.9. The largest absolute Gasteiger partial charge is 0.460 e. The number of ether oxygens (including phenoxy) is 2. The van der Waals surface area contributed by atoms with Crippen LogP contribution in [0.4, 0.5) is 4.39 Å². The zero-order chi connectivity index (χ0) is 25.7. The SMILES string of the molecule is COCCOC(=O)C1=C(C)N=C2SC=C(CC(=O)N(C)Cc3ccccc3)N2[C@@H]1c1cccc(F)c1. The third-order valence-electron chi connectivity index (χ3n) is 5.93. The van der Waals surface area contributed by atoms with Crippen LogP contribution >= 0.6 is 11.8 Å². The minimum Gasteiger partial charge on any atom is -0.460 e. The third kappa shape index (κ3) is 5.68. The van der Waals surface area contributed by atoms with Crippen molar-refractivity contribution in [2.24, 2.45) is 4.99 Å². The van der Waals surface area contributed by atoms with Crippen LogP contribution in [0.25, 0.3) is 0 Å². The van der Waals surface area contributed by atoms with Gasteiger partial charge in [0.15, 0.2) is 5.17 Å². The average molecular weight is 510 g/mol. The first kappa shape index (κ1) is 25.7. The molecule has 0 spiro atoms. The van der Waals surface area contributed by atoms with E-state index in [9.17, 15) is 14.0 Å². The fourth-order valence-electron chi connectivity index (χ4n) is 4.15. The predicted octanol–water partition coefficient (Wildman–Crippen LogP) is 4.64. The summed E-state index contributed by atoms with van der Waals surface area (Å²) in [5, 5.41) is 2.50. The number of allylic oxidation sites excluding steroid dienone is 1. The van der Waals surface area contributed by atoms with E-state index in [0.29, 0.717) is 34.2 Å². The van der Waals surface area contributed by atoms with Gasteiger partial charge in [-0.2, -0.15) is 0 Å². The molecule has 2 aliphatic rings. The van der Waals surface area contributed by atoms with Crippen molar-refractivity contribution in [3.05, 3.63) is 93.9 Å². The Labute approximate surface area is 214 Å². The first-order valence-corrected chi connectivity index (χ1v) is 12.4. The number of benzene rings is 2. The molecule has 0 radical (unpaired) electrons. The summed E-state index contributed by atoms with van der Waals surface area (Å²) in [5.74, 6) is -1.05. The number of amidine groups is 1. The van der Waals surface area contributed by atoms with E-state index in [1.54, 1.807) is 31.0 Å². The fourth-order valence-corrected chi connectivity index (χ4v) is 5.12. The van der Waals surface area contributed by atoms with Crippen LogP contribution in [0.3, 0.4) is 0 Å². The highest BCUT2D eigenvalue weighted by Gasteiger charge is 2.41. The van der Waals surface area contributed by atoms with Crippen molar-refractivity contribution in [1.29, 1.82) is 0 Å². The molecule has 0 aliphatic carbocycles. The Balaban J connectivity index is 1.62. The summed E-state index contributed by atoms with van der Waals surface area (Å²) in [7, 11) is 3.28. The number of fused-ring (bicyclic) bond motifs is 1. The molecule has 2 aromatic carbocycles. The van der Waals surface area contributed by atoms with Gasteiger partial charge in [-0.3, -0.25) is 4.79 Å². The molecule has 0 aromatic heterocycles. The lowest BCUT2D eigenvalue weighted by Gasteiger charge is -2.36. The van der Waals surface area contributed by atoms with E-state index in [4.69, 9.17) is 9.47 Å². The number of esters is 1. The van der Waals surface area contributed by atoms with Crippen molar-refractivity contribution >= 4 is 28.8 Å². The maximum atomic E-state index is 14.3. The van der Waals surface area contributed by atoms with Crippen molar-refractivity contribution in [2.75, 3.05) is 27.4 Å². The Bertz CT molecular complexity index is 1230. The highest BCUT2D eigenvalue weighted by molar-refractivity contribution is 8.16. The van der Waals surface area contributed by atoms with Crippen LogP contribution in [-0.4, -0.2) is 54.2 Å². The van der Waals surface area contributed by atoms with Gasteiger partial charge in [-0.05, 0) is 35.6 Å². The molecule has 36 heavy (non-hydrogen) atoms. The standard InChI is InChI=1S/C27H28FN3O4S/c1-18-24(26(33)35-13-12-34-3)25(20-10-7-11-21(28)14-20)31-22(17-36-27(31)29-18)15-23(32)30(2)16-19-8-5-4-6-9-19/h4-11,14,17,25H,12-13,15-16H2,1-3H3/t25-/m1/s1. The predicted molar refractivity (Wildman–Crippen MR) is 137 cm³/mol. The Morgan fingerprint density at radius 1 is 1.14 bits per heavy atom. The number of nitrogens with zero attached hydrogens (tertiary/aromatic N) is 3. The minimum atomic E-state index is -0.684. The second-order valence-corrected chi connectivity index (χ2v) is 9.33. The van der Waals surface area contributed by atoms with E-state index in [1.165, 1.54) is 31.0 Å². The molecule has 7 nitrogen and oxygen atoms in total. The lowest BCUT2D eigenvalue weighted by molar-refractivity contribution is -0.141. The molecule has 2 heterocycles. The number of aliphatic imine (C=N–C) groups is 1. The number of amides is 1. The summed E-state index contributed by atoms with van der Waals surface area (Å²) >= 11 is 1.38. The molecule has 0 bridgehead atoms. The number of methoxy groups -OCH3 is 1. The van der Waals surface area contributed by atoms with Gasteiger partial charge in [0, 0.05) is 26.4 Å². The van der Waals surface area contributed by atoms with Gasteiger partial charge in [0.05, 0.1) is 30.3 Å². The summed E-state index contributed by atoms with van der Waals surface area (Å²) in [6, 6.07) is 15.2. The average Bonchev–Trinajstić information content (AvgIpc) is 3.25. The van der Waals surface area contributed by atoms with Crippen LogP contribution in [0.2, 0.25) is 0 Å². The van der Waals surface area contributed by atoms with Crippen LogP contribution in [0.1, 0.15) is 30.5 Å². The number of carbonyl (C=O) groups excluding carboxylic acids is 2. The highest BCUT2D eigenvalue weighted by Crippen LogP contribution is 2.45. The van der Waals surface area contributed by atoms with Crippen LogP contribution in [0.5, 0.6) is 0 Å². The van der Waals surface area contributed by atoms with Gasteiger partial charge in [-0.25, -0.2) is 14.2 Å². The van der Waals surface area contributed by atoms with Crippen molar-refractivity contribution in [3.63, 3.8) is 0 Å². The van der Waals surface area contributed by atoms with Gasteiger partial charge in [0.25, 0.3) is 0 Å². The number of halogens is 1. The number of rotatable bonds is 9. The van der Waals surface area contributed by atoms with Crippen molar-refractivity contribution in [1.82, 2.24) is 9.80 Å². The molecule has 0 saturated carbocycles. The van der Waals surface area contributed by atoms with Crippen LogP contribution in [0, 0.1) is 5.82 Å². The molecule has 9 heteroatoms. The van der Waals surface area contributed by atoms with Crippen molar-refractivity contribution < 1.29 is 23.5 Å². The summed E-state index contributed by atoms with van der Waals surface area (Å²) in [6.07, 6.45) is 0.103. The zero-order valence-corrected chi connectivity index (χ0v) is 21.3. The number of thioether (sulfide) groups is 1. The fraction of sp³-hybridized carbons (Fsp3) is 0.296. The summed E-state index contributed by atoms with van der Waals surface area (Å²) in [5.41, 5.74) is 3.08. The second-order valence-electron chi connectivity index (χ2n) is 8.49. The van der Waals surface area contributed by atoms with Crippen molar-refractivity contribution in [2.45, 2.75) is 25.9 Å². The molecular weight excluding hydrogens is 481 g/mol. The molecule has 1 atom stereocenters. The van der Waals surface area contributed by atoms with Gasteiger partial charge >= 0.3 is 5.97 Å². The first-order valence-electron chi connectivity index (χ1n) is 11.5. The molecule has 2 aromatic rings. The highest BCUT2D eigenvalue weighted by atomic mass is 32.2. The van der Waals surface area contributed by atoms with Crippen molar-refractivity contribution in [3.8, 4) is 0 Å². The number of hydrogen-bond donors (Lipinski definition) is 0.